The van der Waals surface area contributed by atoms with E-state index in [1.165, 1.54) is 0 Å². The van der Waals surface area contributed by atoms with Crippen molar-refractivity contribution < 1.29 is 14.6 Å². The first-order valence-corrected chi connectivity index (χ1v) is 4.66. The van der Waals surface area contributed by atoms with Gasteiger partial charge in [-0.25, -0.2) is 4.79 Å². The third-order valence-corrected chi connectivity index (χ3v) is 1.82. The average Bonchev–Trinajstić information content (AvgIpc) is 2.04. The Labute approximate surface area is 79.3 Å². The van der Waals surface area contributed by atoms with E-state index >= 15 is 0 Å². The van der Waals surface area contributed by atoms with Gasteiger partial charge in [-0.05, 0) is 19.3 Å². The van der Waals surface area contributed by atoms with E-state index < -0.39 is 6.09 Å². The van der Waals surface area contributed by atoms with E-state index in [0.29, 0.717) is 18.9 Å². The minimum atomic E-state index is -0.408. The lowest BCUT2D eigenvalue weighted by atomic mass is 10.0. The van der Waals surface area contributed by atoms with Gasteiger partial charge in [-0.2, -0.15) is 0 Å². The summed E-state index contributed by atoms with van der Waals surface area (Å²) < 4.78 is 4.74. The SMILES string of the molecule is CCOC(=O)NC(CCO)C(C)C. The van der Waals surface area contributed by atoms with Crippen LogP contribution in [0.4, 0.5) is 4.79 Å². The molecule has 0 aromatic carbocycles. The molecule has 0 fully saturated rings. The number of carbonyl (C=O) groups excluding carboxylic acids is 1. The van der Waals surface area contributed by atoms with Gasteiger partial charge in [-0.3, -0.25) is 0 Å². The molecule has 0 aromatic rings. The molecular formula is C9H19NO3. The molecular weight excluding hydrogens is 170 g/mol. The topological polar surface area (TPSA) is 58.6 Å². The molecule has 0 aliphatic rings. The van der Waals surface area contributed by atoms with E-state index in [1.54, 1.807) is 6.92 Å². The van der Waals surface area contributed by atoms with Gasteiger partial charge in [0.2, 0.25) is 0 Å². The molecule has 0 radical (unpaired) electrons. The Morgan fingerprint density at radius 2 is 2.15 bits per heavy atom. The van der Waals surface area contributed by atoms with Crippen LogP contribution in [-0.4, -0.2) is 30.5 Å². The van der Waals surface area contributed by atoms with Gasteiger partial charge in [0.15, 0.2) is 0 Å². The Balaban J connectivity index is 3.86. The van der Waals surface area contributed by atoms with Crippen molar-refractivity contribution in [2.45, 2.75) is 33.2 Å². The van der Waals surface area contributed by atoms with Gasteiger partial charge in [-0.1, -0.05) is 13.8 Å². The number of hydrogen-bond acceptors (Lipinski definition) is 3. The fourth-order valence-corrected chi connectivity index (χ4v) is 1.04. The molecule has 0 rings (SSSR count). The molecule has 0 aromatic heterocycles. The summed E-state index contributed by atoms with van der Waals surface area (Å²) in [6.07, 6.45) is 0.158. The summed E-state index contributed by atoms with van der Waals surface area (Å²) in [4.78, 5) is 11.0. The number of aliphatic hydroxyl groups is 1. The molecule has 0 heterocycles. The largest absolute Gasteiger partial charge is 0.450 e. The van der Waals surface area contributed by atoms with Crippen molar-refractivity contribution >= 4 is 6.09 Å². The van der Waals surface area contributed by atoms with E-state index in [2.05, 4.69) is 5.32 Å². The van der Waals surface area contributed by atoms with Gasteiger partial charge in [0.1, 0.15) is 0 Å². The molecule has 4 nitrogen and oxygen atoms in total. The maximum absolute atomic E-state index is 11.0. The van der Waals surface area contributed by atoms with Crippen molar-refractivity contribution in [2.24, 2.45) is 5.92 Å². The Kier molecular flexibility index (Phi) is 6.32. The lowest BCUT2D eigenvalue weighted by Crippen LogP contribution is -2.39. The molecule has 13 heavy (non-hydrogen) atoms. The second-order valence-corrected chi connectivity index (χ2v) is 3.23. The lowest BCUT2D eigenvalue weighted by Gasteiger charge is -2.20. The molecule has 1 atom stereocenters. The first kappa shape index (κ1) is 12.2. The number of carbonyl (C=O) groups is 1. The summed E-state index contributed by atoms with van der Waals surface area (Å²) in [5.74, 6) is 0.302. The highest BCUT2D eigenvalue weighted by atomic mass is 16.5. The van der Waals surface area contributed by atoms with Crippen LogP contribution in [0, 0.1) is 5.92 Å². The summed E-state index contributed by atoms with van der Waals surface area (Å²) in [6.45, 7) is 6.19. The molecule has 0 spiro atoms. The summed E-state index contributed by atoms with van der Waals surface area (Å²) in [5, 5.41) is 11.4. The Morgan fingerprint density at radius 1 is 1.54 bits per heavy atom. The molecule has 4 heteroatoms. The van der Waals surface area contributed by atoms with Crippen LogP contribution in [-0.2, 0) is 4.74 Å². The fraction of sp³-hybridized carbons (Fsp3) is 0.889. The predicted molar refractivity (Wildman–Crippen MR) is 50.5 cm³/mol. The van der Waals surface area contributed by atoms with Crippen molar-refractivity contribution in [3.05, 3.63) is 0 Å². The zero-order valence-electron chi connectivity index (χ0n) is 8.54. The van der Waals surface area contributed by atoms with Crippen LogP contribution in [0.5, 0.6) is 0 Å². The number of rotatable bonds is 5. The summed E-state index contributed by atoms with van der Waals surface area (Å²) in [5.41, 5.74) is 0. The standard InChI is InChI=1S/C9H19NO3/c1-4-13-9(12)10-8(5-6-11)7(2)3/h7-8,11H,4-6H2,1-3H3,(H,10,12). The van der Waals surface area contributed by atoms with Crippen molar-refractivity contribution in [3.63, 3.8) is 0 Å². The van der Waals surface area contributed by atoms with Gasteiger partial charge in [0.05, 0.1) is 6.61 Å². The van der Waals surface area contributed by atoms with E-state index in [-0.39, 0.29) is 12.6 Å². The Hall–Kier alpha value is -0.770. The van der Waals surface area contributed by atoms with E-state index in [1.807, 2.05) is 13.8 Å². The monoisotopic (exact) mass is 189 g/mol. The second-order valence-electron chi connectivity index (χ2n) is 3.23. The number of alkyl carbamates (subject to hydrolysis) is 1. The quantitative estimate of drug-likeness (QED) is 0.681. The molecule has 0 aliphatic carbocycles. The van der Waals surface area contributed by atoms with Crippen LogP contribution in [0.2, 0.25) is 0 Å². The first-order chi connectivity index (χ1) is 6.11. The maximum Gasteiger partial charge on any atom is 0.407 e. The molecule has 1 unspecified atom stereocenters. The van der Waals surface area contributed by atoms with Gasteiger partial charge < -0.3 is 15.2 Å². The third kappa shape index (κ3) is 5.47. The van der Waals surface area contributed by atoms with Crippen LogP contribution < -0.4 is 5.32 Å². The van der Waals surface area contributed by atoms with Crippen LogP contribution in [0.3, 0.4) is 0 Å². The van der Waals surface area contributed by atoms with Crippen molar-refractivity contribution in [2.75, 3.05) is 13.2 Å². The fourth-order valence-electron chi connectivity index (χ4n) is 1.04. The summed E-state index contributed by atoms with van der Waals surface area (Å²) in [7, 11) is 0. The normalized spacial score (nSPS) is 12.7. The predicted octanol–water partition coefficient (Wildman–Crippen LogP) is 1.14. The lowest BCUT2D eigenvalue weighted by molar-refractivity contribution is 0.141. The Morgan fingerprint density at radius 3 is 2.54 bits per heavy atom. The van der Waals surface area contributed by atoms with Crippen LogP contribution in [0.25, 0.3) is 0 Å². The molecule has 78 valence electrons. The smallest absolute Gasteiger partial charge is 0.407 e. The number of amides is 1. The average molecular weight is 189 g/mol. The minimum absolute atomic E-state index is 0.0101. The molecule has 0 saturated carbocycles. The van der Waals surface area contributed by atoms with Gasteiger partial charge in [-0.15, -0.1) is 0 Å². The summed E-state index contributed by atoms with van der Waals surface area (Å²) >= 11 is 0. The third-order valence-electron chi connectivity index (χ3n) is 1.82. The van der Waals surface area contributed by atoms with E-state index in [0.717, 1.165) is 0 Å². The van der Waals surface area contributed by atoms with E-state index in [4.69, 9.17) is 9.84 Å². The highest BCUT2D eigenvalue weighted by molar-refractivity contribution is 5.67. The molecule has 1 amide bonds. The first-order valence-electron chi connectivity index (χ1n) is 4.66. The van der Waals surface area contributed by atoms with Gasteiger partial charge >= 0.3 is 6.09 Å². The van der Waals surface area contributed by atoms with Crippen molar-refractivity contribution in [1.29, 1.82) is 0 Å². The number of nitrogens with one attached hydrogen (secondary N) is 1. The molecule has 2 N–H and O–H groups in total. The van der Waals surface area contributed by atoms with Crippen LogP contribution in [0.1, 0.15) is 27.2 Å². The van der Waals surface area contributed by atoms with Gasteiger partial charge in [0.25, 0.3) is 0 Å². The number of hydrogen-bond donors (Lipinski definition) is 2. The van der Waals surface area contributed by atoms with Crippen LogP contribution in [0.15, 0.2) is 0 Å². The van der Waals surface area contributed by atoms with Crippen molar-refractivity contribution in [3.8, 4) is 0 Å². The number of ether oxygens (including phenoxy) is 1. The number of aliphatic hydroxyl groups excluding tert-OH is 1. The van der Waals surface area contributed by atoms with Crippen LogP contribution >= 0.6 is 0 Å². The molecule has 0 bridgehead atoms. The minimum Gasteiger partial charge on any atom is -0.450 e. The highest BCUT2D eigenvalue weighted by Gasteiger charge is 2.15. The second kappa shape index (κ2) is 6.71. The van der Waals surface area contributed by atoms with E-state index in [9.17, 15) is 4.79 Å². The Bertz CT molecular complexity index is 148. The molecule has 0 aliphatic heterocycles. The zero-order valence-corrected chi connectivity index (χ0v) is 8.54. The summed E-state index contributed by atoms with van der Waals surface area (Å²) in [6, 6.07) is -0.0101. The van der Waals surface area contributed by atoms with Gasteiger partial charge in [0, 0.05) is 12.6 Å². The maximum atomic E-state index is 11.0. The molecule has 0 saturated heterocycles. The highest BCUT2D eigenvalue weighted by Crippen LogP contribution is 2.05. The van der Waals surface area contributed by atoms with Crippen molar-refractivity contribution in [1.82, 2.24) is 5.32 Å². The zero-order chi connectivity index (χ0) is 10.3.